The molecule has 0 unspecified atom stereocenters. The third-order valence-corrected chi connectivity index (χ3v) is 6.53. The minimum Gasteiger partial charge on any atom is -0.496 e. The van der Waals surface area contributed by atoms with Gasteiger partial charge in [-0.2, -0.15) is 0 Å². The highest BCUT2D eigenvalue weighted by Gasteiger charge is 2.38. The first-order valence-corrected chi connectivity index (χ1v) is 10.9. The van der Waals surface area contributed by atoms with Gasteiger partial charge in [-0.3, -0.25) is 4.79 Å². The Bertz CT molecular complexity index is 910. The molecule has 1 amide bonds. The lowest BCUT2D eigenvalue weighted by Crippen LogP contribution is -2.46. The van der Waals surface area contributed by atoms with Crippen molar-refractivity contribution < 1.29 is 9.53 Å². The summed E-state index contributed by atoms with van der Waals surface area (Å²) in [6.07, 6.45) is 3.03. The second kappa shape index (κ2) is 8.40. The van der Waals surface area contributed by atoms with E-state index in [0.717, 1.165) is 42.8 Å². The zero-order valence-corrected chi connectivity index (χ0v) is 18.5. The molecule has 1 saturated heterocycles. The molecule has 2 aromatic carbocycles. The fraction of sp³-hybridized carbons (Fsp3) is 0.480. The monoisotopic (exact) mass is 407 g/mol. The molecule has 2 aliphatic rings. The van der Waals surface area contributed by atoms with Gasteiger partial charge >= 0.3 is 0 Å². The highest BCUT2D eigenvalue weighted by molar-refractivity contribution is 6.00. The van der Waals surface area contributed by atoms with Crippen LogP contribution in [-0.2, 0) is 17.8 Å². The van der Waals surface area contributed by atoms with Crippen LogP contribution in [0.4, 0.5) is 5.69 Å². The standard InChI is InChI=1S/C25H33N3O2/c1-25(2)15-18-14-22(30-4)19(13-21(18)28(3)24(25)29)16-27-20-11-8-12-26-23(20)17-9-6-5-7-10-17/h5-7,9-10,13-14,20,23,26-27H,8,11-12,15-16H2,1-4H3/t20-,23-/m0/s1. The molecular formula is C25H33N3O2. The molecule has 1 fully saturated rings. The van der Waals surface area contributed by atoms with Gasteiger partial charge in [0.15, 0.2) is 0 Å². The molecule has 0 spiro atoms. The highest BCUT2D eigenvalue weighted by Crippen LogP contribution is 2.40. The van der Waals surface area contributed by atoms with Crippen LogP contribution in [0.5, 0.6) is 5.75 Å². The van der Waals surface area contributed by atoms with E-state index in [-0.39, 0.29) is 11.3 Å². The molecular weight excluding hydrogens is 374 g/mol. The summed E-state index contributed by atoms with van der Waals surface area (Å²) in [7, 11) is 3.60. The summed E-state index contributed by atoms with van der Waals surface area (Å²) in [6, 6.07) is 15.5. The van der Waals surface area contributed by atoms with E-state index in [1.807, 2.05) is 20.9 Å². The molecule has 0 aromatic heterocycles. The molecule has 2 aliphatic heterocycles. The van der Waals surface area contributed by atoms with Crippen molar-refractivity contribution >= 4 is 11.6 Å². The number of rotatable bonds is 5. The van der Waals surface area contributed by atoms with E-state index in [1.54, 1.807) is 12.0 Å². The van der Waals surface area contributed by atoms with Gasteiger partial charge in [-0.25, -0.2) is 0 Å². The smallest absolute Gasteiger partial charge is 0.232 e. The van der Waals surface area contributed by atoms with Crippen LogP contribution in [0, 0.1) is 5.41 Å². The predicted octanol–water partition coefficient (Wildman–Crippen LogP) is 3.82. The maximum absolute atomic E-state index is 12.8. The Labute approximate surface area is 179 Å². The van der Waals surface area contributed by atoms with E-state index >= 15 is 0 Å². The summed E-state index contributed by atoms with van der Waals surface area (Å²) < 4.78 is 5.73. The summed E-state index contributed by atoms with van der Waals surface area (Å²) >= 11 is 0. The van der Waals surface area contributed by atoms with Crippen molar-refractivity contribution in [2.75, 3.05) is 25.6 Å². The van der Waals surface area contributed by atoms with Crippen LogP contribution in [-0.4, -0.2) is 32.7 Å². The topological polar surface area (TPSA) is 53.6 Å². The van der Waals surface area contributed by atoms with Gasteiger partial charge in [0.05, 0.1) is 7.11 Å². The summed E-state index contributed by atoms with van der Waals surface area (Å²) in [5, 5.41) is 7.44. The van der Waals surface area contributed by atoms with Crippen LogP contribution < -0.4 is 20.3 Å². The molecule has 0 aliphatic carbocycles. The van der Waals surface area contributed by atoms with Gasteiger partial charge in [-0.1, -0.05) is 44.2 Å². The lowest BCUT2D eigenvalue weighted by Gasteiger charge is -2.37. The number of amides is 1. The zero-order chi connectivity index (χ0) is 21.3. The fourth-order valence-corrected chi connectivity index (χ4v) is 4.91. The van der Waals surface area contributed by atoms with Gasteiger partial charge < -0.3 is 20.3 Å². The van der Waals surface area contributed by atoms with Gasteiger partial charge in [0.25, 0.3) is 0 Å². The fourth-order valence-electron chi connectivity index (χ4n) is 4.91. The van der Waals surface area contributed by atoms with Crippen LogP contribution in [0.15, 0.2) is 42.5 Å². The highest BCUT2D eigenvalue weighted by atomic mass is 16.5. The zero-order valence-electron chi connectivity index (χ0n) is 18.5. The molecule has 2 heterocycles. The van der Waals surface area contributed by atoms with Crippen LogP contribution >= 0.6 is 0 Å². The number of carbonyl (C=O) groups is 1. The molecule has 30 heavy (non-hydrogen) atoms. The van der Waals surface area contributed by atoms with Crippen LogP contribution in [0.2, 0.25) is 0 Å². The predicted molar refractivity (Wildman–Crippen MR) is 121 cm³/mol. The minimum absolute atomic E-state index is 0.166. The van der Waals surface area contributed by atoms with Crippen molar-refractivity contribution in [1.82, 2.24) is 10.6 Å². The van der Waals surface area contributed by atoms with Crippen molar-refractivity contribution in [1.29, 1.82) is 0 Å². The molecule has 2 N–H and O–H groups in total. The van der Waals surface area contributed by atoms with Gasteiger partial charge in [0.2, 0.25) is 5.91 Å². The van der Waals surface area contributed by atoms with Crippen LogP contribution in [0.25, 0.3) is 0 Å². The Morgan fingerprint density at radius 3 is 2.73 bits per heavy atom. The van der Waals surface area contributed by atoms with Gasteiger partial charge in [0.1, 0.15) is 5.75 Å². The minimum atomic E-state index is -0.386. The molecule has 5 nitrogen and oxygen atoms in total. The molecule has 0 saturated carbocycles. The lowest BCUT2D eigenvalue weighted by atomic mass is 9.80. The number of anilines is 1. The number of fused-ring (bicyclic) bond motifs is 1. The second-order valence-corrected chi connectivity index (χ2v) is 9.19. The summed E-state index contributed by atoms with van der Waals surface area (Å²) in [5.41, 5.74) is 4.19. The third kappa shape index (κ3) is 3.96. The average molecular weight is 408 g/mol. The van der Waals surface area contributed by atoms with Crippen LogP contribution in [0.3, 0.4) is 0 Å². The number of hydrogen-bond donors (Lipinski definition) is 2. The SMILES string of the molecule is COc1cc2c(cc1CN[C@H]1CCCN[C@H]1c1ccccc1)N(C)C(=O)C(C)(C)C2. The lowest BCUT2D eigenvalue weighted by molar-refractivity contribution is -0.126. The molecule has 2 atom stereocenters. The molecule has 5 heteroatoms. The average Bonchev–Trinajstić information content (AvgIpc) is 2.76. The Kier molecular flexibility index (Phi) is 5.85. The number of benzene rings is 2. The number of carbonyl (C=O) groups excluding carboxylic acids is 1. The van der Waals surface area contributed by atoms with E-state index in [4.69, 9.17) is 4.74 Å². The second-order valence-electron chi connectivity index (χ2n) is 9.19. The van der Waals surface area contributed by atoms with E-state index in [2.05, 4.69) is 53.1 Å². The number of nitrogens with one attached hydrogen (secondary N) is 2. The van der Waals surface area contributed by atoms with Crippen molar-refractivity contribution in [2.24, 2.45) is 5.41 Å². The maximum Gasteiger partial charge on any atom is 0.232 e. The van der Waals surface area contributed by atoms with Gasteiger partial charge in [-0.05, 0) is 49.1 Å². The van der Waals surface area contributed by atoms with Gasteiger partial charge in [-0.15, -0.1) is 0 Å². The molecule has 2 aromatic rings. The number of methoxy groups -OCH3 is 1. The third-order valence-electron chi connectivity index (χ3n) is 6.53. The van der Waals surface area contributed by atoms with Crippen molar-refractivity contribution in [3.8, 4) is 5.75 Å². The van der Waals surface area contributed by atoms with Crippen molar-refractivity contribution in [2.45, 2.75) is 51.7 Å². The summed E-state index contributed by atoms with van der Waals surface area (Å²) in [4.78, 5) is 14.6. The first kappa shape index (κ1) is 20.9. The van der Waals surface area contributed by atoms with E-state index in [9.17, 15) is 4.79 Å². The van der Waals surface area contributed by atoms with E-state index < -0.39 is 0 Å². The Morgan fingerprint density at radius 1 is 1.23 bits per heavy atom. The van der Waals surface area contributed by atoms with E-state index in [0.29, 0.717) is 18.6 Å². The number of ether oxygens (including phenoxy) is 1. The molecule has 0 radical (unpaired) electrons. The maximum atomic E-state index is 12.8. The first-order valence-electron chi connectivity index (χ1n) is 10.9. The molecule has 4 rings (SSSR count). The number of nitrogens with zero attached hydrogens (tertiary/aromatic N) is 1. The van der Waals surface area contributed by atoms with Crippen molar-refractivity contribution in [3.63, 3.8) is 0 Å². The molecule has 160 valence electrons. The largest absolute Gasteiger partial charge is 0.496 e. The molecule has 0 bridgehead atoms. The van der Waals surface area contributed by atoms with E-state index in [1.165, 1.54) is 11.1 Å². The first-order chi connectivity index (χ1) is 14.4. The van der Waals surface area contributed by atoms with Crippen molar-refractivity contribution in [3.05, 3.63) is 59.2 Å². The summed E-state index contributed by atoms with van der Waals surface area (Å²) in [6.45, 7) is 5.77. The normalized spacial score (nSPS) is 23.2. The number of hydrogen-bond acceptors (Lipinski definition) is 4. The van der Waals surface area contributed by atoms with Gasteiger partial charge in [0, 0.05) is 42.3 Å². The summed E-state index contributed by atoms with van der Waals surface area (Å²) in [5.74, 6) is 1.06. The Hall–Kier alpha value is -2.37. The number of piperidine rings is 1. The Balaban J connectivity index is 1.57. The Morgan fingerprint density at radius 2 is 2.00 bits per heavy atom. The van der Waals surface area contributed by atoms with Crippen LogP contribution in [0.1, 0.15) is 49.4 Å². The quantitative estimate of drug-likeness (QED) is 0.791.